The quantitative estimate of drug-likeness (QED) is 0.843. The van der Waals surface area contributed by atoms with Gasteiger partial charge in [-0.05, 0) is 49.1 Å². The van der Waals surface area contributed by atoms with E-state index in [1.165, 1.54) is 24.0 Å². The van der Waals surface area contributed by atoms with Crippen molar-refractivity contribution in [2.75, 3.05) is 13.1 Å². The van der Waals surface area contributed by atoms with Gasteiger partial charge in [0.05, 0.1) is 6.54 Å². The second-order valence-electron chi connectivity index (χ2n) is 5.84. The minimum absolute atomic E-state index is 0.144. The number of hydrogen-bond donors (Lipinski definition) is 2. The number of aryl methyl sites for hydroxylation is 1. The summed E-state index contributed by atoms with van der Waals surface area (Å²) < 4.78 is 0. The predicted octanol–water partition coefficient (Wildman–Crippen LogP) is 1.66. The molecule has 2 aliphatic rings. The molecule has 2 aliphatic carbocycles. The van der Waals surface area contributed by atoms with Crippen LogP contribution in [0.4, 0.5) is 0 Å². The SMILES string of the molecule is O=C(CNC1CCc2ccccc2C1)NCC1CC1. The van der Waals surface area contributed by atoms with Gasteiger partial charge in [-0.1, -0.05) is 24.3 Å². The maximum absolute atomic E-state index is 11.7. The molecule has 102 valence electrons. The molecule has 0 radical (unpaired) electrons. The number of rotatable bonds is 5. The first-order valence-corrected chi connectivity index (χ1v) is 7.38. The molecule has 1 amide bonds. The van der Waals surface area contributed by atoms with Crippen LogP contribution >= 0.6 is 0 Å². The molecule has 0 aromatic heterocycles. The summed E-state index contributed by atoms with van der Waals surface area (Å²) in [7, 11) is 0. The van der Waals surface area contributed by atoms with Gasteiger partial charge in [-0.25, -0.2) is 0 Å². The Kier molecular flexibility index (Phi) is 3.83. The van der Waals surface area contributed by atoms with Crippen LogP contribution in [-0.2, 0) is 17.6 Å². The van der Waals surface area contributed by atoms with E-state index < -0.39 is 0 Å². The van der Waals surface area contributed by atoms with Crippen molar-refractivity contribution in [3.05, 3.63) is 35.4 Å². The van der Waals surface area contributed by atoms with E-state index >= 15 is 0 Å². The third-order valence-electron chi connectivity index (χ3n) is 4.18. The zero-order valence-corrected chi connectivity index (χ0v) is 11.3. The number of nitrogens with one attached hydrogen (secondary N) is 2. The Bertz CT molecular complexity index is 454. The number of benzene rings is 1. The summed E-state index contributed by atoms with van der Waals surface area (Å²) >= 11 is 0. The third-order valence-corrected chi connectivity index (χ3v) is 4.18. The van der Waals surface area contributed by atoms with E-state index in [0.717, 1.165) is 31.7 Å². The molecule has 3 nitrogen and oxygen atoms in total. The maximum Gasteiger partial charge on any atom is 0.233 e. The van der Waals surface area contributed by atoms with Gasteiger partial charge in [0.2, 0.25) is 5.91 Å². The lowest BCUT2D eigenvalue weighted by atomic mass is 9.88. The smallest absolute Gasteiger partial charge is 0.233 e. The molecule has 0 aliphatic heterocycles. The second kappa shape index (κ2) is 5.74. The van der Waals surface area contributed by atoms with Crippen LogP contribution in [-0.4, -0.2) is 25.0 Å². The van der Waals surface area contributed by atoms with Crippen LogP contribution in [0.5, 0.6) is 0 Å². The summed E-state index contributed by atoms with van der Waals surface area (Å²) in [5, 5.41) is 6.40. The van der Waals surface area contributed by atoms with Crippen molar-refractivity contribution in [1.29, 1.82) is 0 Å². The van der Waals surface area contributed by atoms with Crippen molar-refractivity contribution >= 4 is 5.91 Å². The highest BCUT2D eigenvalue weighted by Crippen LogP contribution is 2.27. The van der Waals surface area contributed by atoms with Gasteiger partial charge in [-0.3, -0.25) is 4.79 Å². The molecular formula is C16H22N2O. The summed E-state index contributed by atoms with van der Waals surface area (Å²) in [6, 6.07) is 9.08. The van der Waals surface area contributed by atoms with E-state index in [-0.39, 0.29) is 5.91 Å². The number of fused-ring (bicyclic) bond motifs is 1. The van der Waals surface area contributed by atoms with Crippen molar-refractivity contribution < 1.29 is 4.79 Å². The van der Waals surface area contributed by atoms with Gasteiger partial charge >= 0.3 is 0 Å². The third kappa shape index (κ3) is 3.57. The van der Waals surface area contributed by atoms with Gasteiger partial charge in [0.1, 0.15) is 0 Å². The van der Waals surface area contributed by atoms with Crippen molar-refractivity contribution in [3.63, 3.8) is 0 Å². The lowest BCUT2D eigenvalue weighted by Gasteiger charge is -2.25. The predicted molar refractivity (Wildman–Crippen MR) is 76.0 cm³/mol. The minimum Gasteiger partial charge on any atom is -0.355 e. The van der Waals surface area contributed by atoms with E-state index in [1.54, 1.807) is 0 Å². The highest BCUT2D eigenvalue weighted by atomic mass is 16.1. The van der Waals surface area contributed by atoms with Crippen LogP contribution in [0.3, 0.4) is 0 Å². The molecule has 2 N–H and O–H groups in total. The second-order valence-corrected chi connectivity index (χ2v) is 5.84. The molecular weight excluding hydrogens is 236 g/mol. The normalized spacial score (nSPS) is 21.8. The van der Waals surface area contributed by atoms with Gasteiger partial charge in [0.25, 0.3) is 0 Å². The van der Waals surface area contributed by atoms with Gasteiger partial charge < -0.3 is 10.6 Å². The Morgan fingerprint density at radius 2 is 1.95 bits per heavy atom. The standard InChI is InChI=1S/C16H22N2O/c19-16(18-10-12-5-6-12)11-17-15-8-7-13-3-1-2-4-14(13)9-15/h1-4,12,15,17H,5-11H2,(H,18,19). The summed E-state index contributed by atoms with van der Waals surface area (Å²) in [6.45, 7) is 1.33. The zero-order valence-electron chi connectivity index (χ0n) is 11.3. The first kappa shape index (κ1) is 12.7. The lowest BCUT2D eigenvalue weighted by Crippen LogP contribution is -2.42. The van der Waals surface area contributed by atoms with Gasteiger partial charge in [-0.2, -0.15) is 0 Å². The number of amides is 1. The van der Waals surface area contributed by atoms with Crippen LogP contribution in [0.1, 0.15) is 30.4 Å². The molecule has 1 atom stereocenters. The zero-order chi connectivity index (χ0) is 13.1. The Balaban J connectivity index is 1.42. The molecule has 0 bridgehead atoms. The van der Waals surface area contributed by atoms with Gasteiger partial charge in [-0.15, -0.1) is 0 Å². The summed E-state index contributed by atoms with van der Waals surface area (Å²) in [4.78, 5) is 11.7. The van der Waals surface area contributed by atoms with E-state index in [4.69, 9.17) is 0 Å². The van der Waals surface area contributed by atoms with Gasteiger partial charge in [0, 0.05) is 12.6 Å². The maximum atomic E-state index is 11.7. The number of hydrogen-bond acceptors (Lipinski definition) is 2. The van der Waals surface area contributed by atoms with Gasteiger partial charge in [0.15, 0.2) is 0 Å². The van der Waals surface area contributed by atoms with Crippen LogP contribution in [0.25, 0.3) is 0 Å². The first-order valence-electron chi connectivity index (χ1n) is 7.38. The molecule has 1 aromatic rings. The fraction of sp³-hybridized carbons (Fsp3) is 0.562. The Morgan fingerprint density at radius 3 is 2.74 bits per heavy atom. The van der Waals surface area contributed by atoms with Crippen LogP contribution in [0.2, 0.25) is 0 Å². The fourth-order valence-corrected chi connectivity index (χ4v) is 2.75. The van der Waals surface area contributed by atoms with Crippen molar-refractivity contribution in [3.8, 4) is 0 Å². The average Bonchev–Trinajstić information content (AvgIpc) is 3.27. The molecule has 3 heteroatoms. The van der Waals surface area contributed by atoms with E-state index in [2.05, 4.69) is 34.9 Å². The Morgan fingerprint density at radius 1 is 1.16 bits per heavy atom. The molecule has 1 unspecified atom stereocenters. The average molecular weight is 258 g/mol. The monoisotopic (exact) mass is 258 g/mol. The molecule has 1 fully saturated rings. The highest BCUT2D eigenvalue weighted by molar-refractivity contribution is 5.78. The summed E-state index contributed by atoms with van der Waals surface area (Å²) in [5.41, 5.74) is 2.91. The summed E-state index contributed by atoms with van der Waals surface area (Å²) in [6.07, 6.45) is 5.87. The van der Waals surface area contributed by atoms with Crippen LogP contribution in [0, 0.1) is 5.92 Å². The molecule has 0 saturated heterocycles. The van der Waals surface area contributed by atoms with Crippen molar-refractivity contribution in [2.45, 2.75) is 38.1 Å². The molecule has 0 heterocycles. The highest BCUT2D eigenvalue weighted by Gasteiger charge is 2.22. The van der Waals surface area contributed by atoms with E-state index in [1.807, 2.05) is 0 Å². The molecule has 0 spiro atoms. The molecule has 1 aromatic carbocycles. The van der Waals surface area contributed by atoms with Crippen molar-refractivity contribution in [1.82, 2.24) is 10.6 Å². The van der Waals surface area contributed by atoms with Crippen LogP contribution in [0.15, 0.2) is 24.3 Å². The largest absolute Gasteiger partial charge is 0.355 e. The fourth-order valence-electron chi connectivity index (χ4n) is 2.75. The number of carbonyl (C=O) groups is 1. The Labute approximate surface area is 114 Å². The van der Waals surface area contributed by atoms with E-state index in [9.17, 15) is 4.79 Å². The molecule has 3 rings (SSSR count). The van der Waals surface area contributed by atoms with Crippen LogP contribution < -0.4 is 10.6 Å². The lowest BCUT2D eigenvalue weighted by molar-refractivity contribution is -0.120. The summed E-state index contributed by atoms with van der Waals surface area (Å²) in [5.74, 6) is 0.899. The minimum atomic E-state index is 0.144. The number of carbonyl (C=O) groups excluding carboxylic acids is 1. The van der Waals surface area contributed by atoms with E-state index in [0.29, 0.717) is 12.6 Å². The Hall–Kier alpha value is -1.35. The molecule has 1 saturated carbocycles. The topological polar surface area (TPSA) is 41.1 Å². The molecule has 19 heavy (non-hydrogen) atoms. The first-order chi connectivity index (χ1) is 9.31. The van der Waals surface area contributed by atoms with Crippen molar-refractivity contribution in [2.24, 2.45) is 5.92 Å².